The molecule has 3 atom stereocenters. The molecule has 2 unspecified atom stereocenters. The van der Waals surface area contributed by atoms with Crippen LogP contribution in [0.3, 0.4) is 0 Å². The van der Waals surface area contributed by atoms with Crippen LogP contribution in [0.5, 0.6) is 5.75 Å². The minimum atomic E-state index is -0.391. The number of carbonyl (C=O) groups excluding carboxylic acids is 1. The summed E-state index contributed by atoms with van der Waals surface area (Å²) < 4.78 is 21.9. The third-order valence-electron chi connectivity index (χ3n) is 4.65. The third-order valence-corrected chi connectivity index (χ3v) is 4.65. The second kappa shape index (κ2) is 5.74. The predicted molar refractivity (Wildman–Crippen MR) is 89.5 cm³/mol. The van der Waals surface area contributed by atoms with Crippen molar-refractivity contribution in [1.82, 2.24) is 0 Å². The van der Waals surface area contributed by atoms with E-state index in [2.05, 4.69) is 0 Å². The first kappa shape index (κ1) is 15.9. The van der Waals surface area contributed by atoms with Gasteiger partial charge in [-0.25, -0.2) is 9.59 Å². The zero-order valence-corrected chi connectivity index (χ0v) is 14.0. The highest BCUT2D eigenvalue weighted by atomic mass is 16.6. The molecule has 6 nitrogen and oxygen atoms in total. The van der Waals surface area contributed by atoms with Gasteiger partial charge in [-0.05, 0) is 38.1 Å². The zero-order chi connectivity index (χ0) is 17.6. The molecule has 6 heteroatoms. The number of hydrogen-bond donors (Lipinski definition) is 0. The fraction of sp³-hybridized carbons (Fsp3) is 0.368. The topological polar surface area (TPSA) is 78.3 Å². The Morgan fingerprint density at radius 1 is 1.20 bits per heavy atom. The van der Waals surface area contributed by atoms with Crippen LogP contribution in [0.2, 0.25) is 0 Å². The number of fused-ring (bicyclic) bond motifs is 1. The van der Waals surface area contributed by atoms with Crippen LogP contribution in [0.25, 0.3) is 11.0 Å². The molecule has 0 bridgehead atoms. The molecule has 2 aromatic rings. The predicted octanol–water partition coefficient (Wildman–Crippen LogP) is 2.59. The fourth-order valence-corrected chi connectivity index (χ4v) is 3.09. The van der Waals surface area contributed by atoms with Gasteiger partial charge in [0.15, 0.2) is 0 Å². The first-order chi connectivity index (χ1) is 11.9. The standard InChI is InChI=1S/C19H18O6/c1-11-7-14(23-18(11)21)9-19(2)16(25-19)10-22-13-5-3-12-4-6-17(20)24-15(12)8-13/h3-8,14,16H,9-10H2,1-2H3/t14-,16?,19?/m0/s1. The first-order valence-electron chi connectivity index (χ1n) is 8.17. The van der Waals surface area contributed by atoms with Gasteiger partial charge >= 0.3 is 11.6 Å². The van der Waals surface area contributed by atoms with Crippen LogP contribution in [0.1, 0.15) is 20.3 Å². The number of esters is 1. The molecule has 0 saturated carbocycles. The van der Waals surface area contributed by atoms with Gasteiger partial charge in [-0.1, -0.05) is 0 Å². The largest absolute Gasteiger partial charge is 0.491 e. The lowest BCUT2D eigenvalue weighted by Crippen LogP contribution is -2.22. The monoisotopic (exact) mass is 342 g/mol. The molecule has 1 saturated heterocycles. The van der Waals surface area contributed by atoms with Crippen molar-refractivity contribution < 1.29 is 23.4 Å². The summed E-state index contributed by atoms with van der Waals surface area (Å²) in [6.45, 7) is 4.11. The molecule has 2 aliphatic rings. The van der Waals surface area contributed by atoms with Crippen molar-refractivity contribution in [3.05, 3.63) is 52.4 Å². The van der Waals surface area contributed by atoms with Crippen LogP contribution in [-0.2, 0) is 14.3 Å². The van der Waals surface area contributed by atoms with E-state index in [1.807, 2.05) is 25.1 Å². The Balaban J connectivity index is 1.36. The number of ether oxygens (including phenoxy) is 3. The Morgan fingerprint density at radius 3 is 2.76 bits per heavy atom. The smallest absolute Gasteiger partial charge is 0.336 e. The van der Waals surface area contributed by atoms with Crippen molar-refractivity contribution in [2.45, 2.75) is 38.1 Å². The molecular weight excluding hydrogens is 324 g/mol. The average molecular weight is 342 g/mol. The van der Waals surface area contributed by atoms with Gasteiger partial charge in [0.2, 0.25) is 0 Å². The molecular formula is C19H18O6. The number of carbonyl (C=O) groups is 1. The molecule has 1 aromatic heterocycles. The van der Waals surface area contributed by atoms with Crippen molar-refractivity contribution in [3.63, 3.8) is 0 Å². The Bertz CT molecular complexity index is 927. The van der Waals surface area contributed by atoms with Crippen molar-refractivity contribution >= 4 is 16.9 Å². The normalized spacial score (nSPS) is 27.9. The maximum absolute atomic E-state index is 11.4. The molecule has 0 amide bonds. The SMILES string of the molecule is CC1=C[C@@H](CC2(C)OC2COc2ccc3ccc(=O)oc3c2)OC1=O. The van der Waals surface area contributed by atoms with E-state index in [4.69, 9.17) is 18.6 Å². The Morgan fingerprint density at radius 2 is 2.00 bits per heavy atom. The number of hydrogen-bond acceptors (Lipinski definition) is 6. The summed E-state index contributed by atoms with van der Waals surface area (Å²) in [5.41, 5.74) is 0.370. The fourth-order valence-electron chi connectivity index (χ4n) is 3.09. The summed E-state index contributed by atoms with van der Waals surface area (Å²) in [5.74, 6) is 0.349. The van der Waals surface area contributed by atoms with E-state index >= 15 is 0 Å². The summed E-state index contributed by atoms with van der Waals surface area (Å²) >= 11 is 0. The number of benzene rings is 1. The number of epoxide rings is 1. The maximum Gasteiger partial charge on any atom is 0.336 e. The molecule has 0 aliphatic carbocycles. The van der Waals surface area contributed by atoms with Crippen LogP contribution >= 0.6 is 0 Å². The van der Waals surface area contributed by atoms with Crippen molar-refractivity contribution in [2.24, 2.45) is 0 Å². The van der Waals surface area contributed by atoms with Gasteiger partial charge in [-0.15, -0.1) is 0 Å². The summed E-state index contributed by atoms with van der Waals surface area (Å²) in [5, 5.41) is 0.838. The summed E-state index contributed by atoms with van der Waals surface area (Å²) in [4.78, 5) is 22.7. The Kier molecular flexibility index (Phi) is 3.65. The van der Waals surface area contributed by atoms with Gasteiger partial charge < -0.3 is 18.6 Å². The quantitative estimate of drug-likeness (QED) is 0.472. The first-order valence-corrected chi connectivity index (χ1v) is 8.17. The molecule has 0 radical (unpaired) electrons. The van der Waals surface area contributed by atoms with Gasteiger partial charge in [0, 0.05) is 29.5 Å². The Hall–Kier alpha value is -2.60. The molecule has 4 rings (SSSR count). The van der Waals surface area contributed by atoms with Gasteiger partial charge in [-0.2, -0.15) is 0 Å². The van der Waals surface area contributed by atoms with Gasteiger partial charge in [-0.3, -0.25) is 0 Å². The van der Waals surface area contributed by atoms with Gasteiger partial charge in [0.25, 0.3) is 0 Å². The van der Waals surface area contributed by atoms with Crippen molar-refractivity contribution in [2.75, 3.05) is 6.61 Å². The molecule has 0 spiro atoms. The number of cyclic esters (lactones) is 1. The molecule has 25 heavy (non-hydrogen) atoms. The van der Waals surface area contributed by atoms with E-state index in [0.717, 1.165) is 5.39 Å². The van der Waals surface area contributed by atoms with Gasteiger partial charge in [0.1, 0.15) is 30.1 Å². The van der Waals surface area contributed by atoms with Gasteiger partial charge in [0.05, 0.1) is 5.60 Å². The molecule has 0 N–H and O–H groups in total. The van der Waals surface area contributed by atoms with Crippen LogP contribution in [0.15, 0.2) is 51.2 Å². The minimum absolute atomic E-state index is 0.0704. The van der Waals surface area contributed by atoms with E-state index in [1.54, 1.807) is 19.1 Å². The molecule has 3 heterocycles. The van der Waals surface area contributed by atoms with E-state index in [1.165, 1.54) is 6.07 Å². The second-order valence-corrected chi connectivity index (χ2v) is 6.68. The second-order valence-electron chi connectivity index (χ2n) is 6.68. The average Bonchev–Trinajstić information content (AvgIpc) is 3.10. The highest BCUT2D eigenvalue weighted by molar-refractivity contribution is 5.90. The molecule has 1 aromatic carbocycles. The lowest BCUT2D eigenvalue weighted by atomic mass is 9.99. The highest BCUT2D eigenvalue weighted by Crippen LogP contribution is 2.42. The lowest BCUT2D eigenvalue weighted by molar-refractivity contribution is -0.140. The van der Waals surface area contributed by atoms with E-state index in [-0.39, 0.29) is 23.8 Å². The van der Waals surface area contributed by atoms with Crippen LogP contribution < -0.4 is 10.4 Å². The zero-order valence-electron chi connectivity index (χ0n) is 14.0. The Labute approximate surface area is 144 Å². The minimum Gasteiger partial charge on any atom is -0.491 e. The summed E-state index contributed by atoms with van der Waals surface area (Å²) in [7, 11) is 0. The summed E-state index contributed by atoms with van der Waals surface area (Å²) in [6, 6.07) is 8.46. The number of rotatable bonds is 5. The van der Waals surface area contributed by atoms with Crippen LogP contribution in [-0.4, -0.2) is 30.4 Å². The molecule has 2 aliphatic heterocycles. The van der Waals surface area contributed by atoms with Crippen molar-refractivity contribution in [3.8, 4) is 5.75 Å². The van der Waals surface area contributed by atoms with Crippen molar-refractivity contribution in [1.29, 1.82) is 0 Å². The van der Waals surface area contributed by atoms with Crippen LogP contribution in [0.4, 0.5) is 0 Å². The summed E-state index contributed by atoms with van der Waals surface area (Å²) in [6.07, 6.45) is 2.13. The van der Waals surface area contributed by atoms with E-state index < -0.39 is 5.63 Å². The van der Waals surface area contributed by atoms with Crippen LogP contribution in [0, 0.1) is 0 Å². The van der Waals surface area contributed by atoms with E-state index in [0.29, 0.717) is 29.9 Å². The molecule has 130 valence electrons. The maximum atomic E-state index is 11.4. The highest BCUT2D eigenvalue weighted by Gasteiger charge is 2.54. The lowest BCUT2D eigenvalue weighted by Gasteiger charge is -2.12. The molecule has 1 fully saturated rings. The van der Waals surface area contributed by atoms with E-state index in [9.17, 15) is 9.59 Å². The third kappa shape index (κ3) is 3.17.